The third-order valence-electron chi connectivity index (χ3n) is 1.35. The fourth-order valence-electron chi connectivity index (χ4n) is 0.883. The van der Waals surface area contributed by atoms with Crippen LogP contribution >= 0.6 is 23.4 Å². The summed E-state index contributed by atoms with van der Waals surface area (Å²) in [5.74, 6) is 0. The fourth-order valence-corrected chi connectivity index (χ4v) is 1.71. The van der Waals surface area contributed by atoms with E-state index in [0.717, 1.165) is 6.42 Å². The van der Waals surface area contributed by atoms with E-state index in [1.165, 1.54) is 11.8 Å². The summed E-state index contributed by atoms with van der Waals surface area (Å²) in [6.07, 6.45) is 0.912. The van der Waals surface area contributed by atoms with Crippen molar-refractivity contribution in [2.24, 2.45) is 0 Å². The highest BCUT2D eigenvalue weighted by molar-refractivity contribution is 8.00. The Bertz CT molecular complexity index is 295. The van der Waals surface area contributed by atoms with E-state index >= 15 is 0 Å². The molecule has 1 heterocycles. The molecule has 4 nitrogen and oxygen atoms in total. The van der Waals surface area contributed by atoms with E-state index in [9.17, 15) is 4.79 Å². The number of nitrogens with zero attached hydrogens (tertiary/aromatic N) is 2. The van der Waals surface area contributed by atoms with Crippen molar-refractivity contribution in [3.05, 3.63) is 10.5 Å². The summed E-state index contributed by atoms with van der Waals surface area (Å²) in [5.41, 5.74) is -0.163. The van der Waals surface area contributed by atoms with Gasteiger partial charge in [-0.3, -0.25) is 4.57 Å². The van der Waals surface area contributed by atoms with Crippen molar-refractivity contribution in [2.75, 3.05) is 5.21 Å². The lowest BCUT2D eigenvalue weighted by Gasteiger charge is -1.99. The number of thioether (sulfide) groups is 1. The molecule has 1 rings (SSSR count). The van der Waals surface area contributed by atoms with Gasteiger partial charge in [-0.1, -0.05) is 18.7 Å². The Hall–Kier alpha value is -0.420. The second kappa shape index (κ2) is 4.57. The average molecular weight is 208 g/mol. The van der Waals surface area contributed by atoms with Crippen molar-refractivity contribution < 1.29 is 0 Å². The Kier molecular flexibility index (Phi) is 3.68. The Morgan fingerprint density at radius 1 is 1.75 bits per heavy atom. The molecule has 0 amide bonds. The standard InChI is InChI=1S/C6H10ClN3OS/c1-2-3-10-5(11)8-9-6(10)12-4-7/h2-4H2,1H3,(H,8,11). The van der Waals surface area contributed by atoms with Gasteiger partial charge in [0.2, 0.25) is 0 Å². The van der Waals surface area contributed by atoms with Gasteiger partial charge in [-0.2, -0.15) is 0 Å². The quantitative estimate of drug-likeness (QED) is 0.598. The zero-order valence-electron chi connectivity index (χ0n) is 6.71. The first-order valence-corrected chi connectivity index (χ1v) is 5.15. The lowest BCUT2D eigenvalue weighted by molar-refractivity contribution is 0.604. The molecule has 0 aliphatic heterocycles. The molecule has 0 spiro atoms. The van der Waals surface area contributed by atoms with Crippen LogP contribution in [0, 0.1) is 0 Å². The van der Waals surface area contributed by atoms with Gasteiger partial charge in [0.15, 0.2) is 5.16 Å². The maximum absolute atomic E-state index is 11.1. The molecule has 0 aliphatic carbocycles. The van der Waals surface area contributed by atoms with Crippen molar-refractivity contribution in [3.8, 4) is 0 Å². The number of alkyl halides is 1. The maximum Gasteiger partial charge on any atom is 0.343 e. The molecule has 0 saturated heterocycles. The fraction of sp³-hybridized carbons (Fsp3) is 0.667. The zero-order chi connectivity index (χ0) is 8.97. The van der Waals surface area contributed by atoms with Crippen LogP contribution < -0.4 is 5.69 Å². The van der Waals surface area contributed by atoms with Gasteiger partial charge in [0.25, 0.3) is 0 Å². The molecule has 12 heavy (non-hydrogen) atoms. The SMILES string of the molecule is CCCn1c(SCCl)n[nH]c1=O. The predicted octanol–water partition coefficient (Wildman–Crippen LogP) is 1.27. The van der Waals surface area contributed by atoms with Crippen LogP contribution in [-0.4, -0.2) is 20.0 Å². The van der Waals surface area contributed by atoms with Crippen molar-refractivity contribution in [1.29, 1.82) is 0 Å². The van der Waals surface area contributed by atoms with E-state index in [-0.39, 0.29) is 5.69 Å². The number of aromatic nitrogens is 3. The minimum absolute atomic E-state index is 0.163. The molecule has 0 atom stereocenters. The smallest absolute Gasteiger partial charge is 0.270 e. The highest BCUT2D eigenvalue weighted by atomic mass is 35.5. The summed E-state index contributed by atoms with van der Waals surface area (Å²) in [7, 11) is 0. The van der Waals surface area contributed by atoms with Crippen LogP contribution in [0.3, 0.4) is 0 Å². The molecule has 0 bridgehead atoms. The predicted molar refractivity (Wildman–Crippen MR) is 49.7 cm³/mol. The largest absolute Gasteiger partial charge is 0.343 e. The van der Waals surface area contributed by atoms with Gasteiger partial charge in [-0.05, 0) is 6.42 Å². The van der Waals surface area contributed by atoms with Crippen LogP contribution in [0.2, 0.25) is 0 Å². The minimum atomic E-state index is -0.163. The Morgan fingerprint density at radius 2 is 2.50 bits per heavy atom. The van der Waals surface area contributed by atoms with Crippen LogP contribution in [0.25, 0.3) is 0 Å². The molecular weight excluding hydrogens is 198 g/mol. The summed E-state index contributed by atoms with van der Waals surface area (Å²) in [6, 6.07) is 0. The van der Waals surface area contributed by atoms with E-state index in [2.05, 4.69) is 10.2 Å². The summed E-state index contributed by atoms with van der Waals surface area (Å²) in [6.45, 7) is 2.70. The van der Waals surface area contributed by atoms with Crippen molar-refractivity contribution in [1.82, 2.24) is 14.8 Å². The second-order valence-electron chi connectivity index (χ2n) is 2.22. The lowest BCUT2D eigenvalue weighted by Crippen LogP contribution is -2.17. The van der Waals surface area contributed by atoms with Crippen molar-refractivity contribution in [3.63, 3.8) is 0 Å². The number of aromatic amines is 1. The normalized spacial score (nSPS) is 10.5. The zero-order valence-corrected chi connectivity index (χ0v) is 8.28. The molecule has 1 N–H and O–H groups in total. The first-order valence-electron chi connectivity index (χ1n) is 3.63. The van der Waals surface area contributed by atoms with E-state index in [0.29, 0.717) is 16.9 Å². The first kappa shape index (κ1) is 9.67. The molecule has 0 aliphatic rings. The van der Waals surface area contributed by atoms with Gasteiger partial charge in [0.05, 0.1) is 5.21 Å². The molecule has 0 aromatic carbocycles. The van der Waals surface area contributed by atoms with Crippen molar-refractivity contribution in [2.45, 2.75) is 25.0 Å². The Balaban J connectivity index is 2.87. The third-order valence-corrected chi connectivity index (χ3v) is 2.36. The summed E-state index contributed by atoms with van der Waals surface area (Å²) < 4.78 is 1.59. The van der Waals surface area contributed by atoms with E-state index in [4.69, 9.17) is 11.6 Å². The van der Waals surface area contributed by atoms with E-state index in [1.807, 2.05) is 6.92 Å². The average Bonchev–Trinajstić information content (AvgIpc) is 2.37. The van der Waals surface area contributed by atoms with Crippen LogP contribution in [0.5, 0.6) is 0 Å². The minimum Gasteiger partial charge on any atom is -0.270 e. The van der Waals surface area contributed by atoms with Crippen LogP contribution in [0.15, 0.2) is 9.95 Å². The second-order valence-corrected chi connectivity index (χ2v) is 3.74. The first-order chi connectivity index (χ1) is 5.79. The Labute approximate surface area is 79.3 Å². The van der Waals surface area contributed by atoms with E-state index < -0.39 is 0 Å². The van der Waals surface area contributed by atoms with Gasteiger partial charge in [-0.25, -0.2) is 9.89 Å². The molecule has 0 unspecified atom stereocenters. The topological polar surface area (TPSA) is 50.7 Å². The molecule has 1 aromatic rings. The molecular formula is C6H10ClN3OS. The summed E-state index contributed by atoms with van der Waals surface area (Å²) in [5, 5.41) is 7.29. The highest BCUT2D eigenvalue weighted by Gasteiger charge is 2.05. The van der Waals surface area contributed by atoms with E-state index in [1.54, 1.807) is 4.57 Å². The number of hydrogen-bond acceptors (Lipinski definition) is 3. The van der Waals surface area contributed by atoms with Crippen LogP contribution in [-0.2, 0) is 6.54 Å². The number of rotatable bonds is 4. The van der Waals surface area contributed by atoms with Gasteiger partial charge in [-0.15, -0.1) is 16.7 Å². The molecule has 1 aromatic heterocycles. The number of halogens is 1. The molecule has 68 valence electrons. The molecule has 6 heteroatoms. The number of hydrogen-bond donors (Lipinski definition) is 1. The number of nitrogens with one attached hydrogen (secondary N) is 1. The lowest BCUT2D eigenvalue weighted by atomic mass is 10.5. The monoisotopic (exact) mass is 207 g/mol. The van der Waals surface area contributed by atoms with Gasteiger partial charge in [0, 0.05) is 6.54 Å². The summed E-state index contributed by atoms with van der Waals surface area (Å²) in [4.78, 5) is 11.1. The maximum atomic E-state index is 11.1. The van der Waals surface area contributed by atoms with Gasteiger partial charge < -0.3 is 0 Å². The van der Waals surface area contributed by atoms with Crippen molar-refractivity contribution >= 4 is 23.4 Å². The molecule has 0 saturated carbocycles. The molecule has 0 fully saturated rings. The van der Waals surface area contributed by atoms with Crippen LogP contribution in [0.4, 0.5) is 0 Å². The van der Waals surface area contributed by atoms with Gasteiger partial charge in [0.1, 0.15) is 0 Å². The summed E-state index contributed by atoms with van der Waals surface area (Å²) >= 11 is 6.86. The van der Waals surface area contributed by atoms with Gasteiger partial charge >= 0.3 is 5.69 Å². The third kappa shape index (κ3) is 2.04. The van der Waals surface area contributed by atoms with Crippen LogP contribution in [0.1, 0.15) is 13.3 Å². The Morgan fingerprint density at radius 3 is 3.08 bits per heavy atom. The molecule has 0 radical (unpaired) electrons. The number of H-pyrrole nitrogens is 1. The highest BCUT2D eigenvalue weighted by Crippen LogP contribution is 2.13.